The van der Waals surface area contributed by atoms with Gasteiger partial charge in [-0.1, -0.05) is 71.9 Å². The third kappa shape index (κ3) is 6.75. The Labute approximate surface area is 198 Å². The van der Waals surface area contributed by atoms with Crippen molar-refractivity contribution < 1.29 is 33.5 Å². The zero-order valence-corrected chi connectivity index (χ0v) is 21.4. The molecule has 3 rings (SSSR count). The van der Waals surface area contributed by atoms with Crippen LogP contribution in [0, 0.1) is 10.8 Å². The van der Waals surface area contributed by atoms with Gasteiger partial charge in [0.2, 0.25) is 11.6 Å². The maximum absolute atomic E-state index is 10.7. The Morgan fingerprint density at radius 1 is 0.879 bits per heavy atom. The smallest absolute Gasteiger partial charge is 0.221 e. The van der Waals surface area contributed by atoms with E-state index in [4.69, 9.17) is 28.4 Å². The van der Waals surface area contributed by atoms with E-state index in [1.54, 1.807) is 0 Å². The van der Waals surface area contributed by atoms with E-state index in [0.717, 1.165) is 5.56 Å². The van der Waals surface area contributed by atoms with Gasteiger partial charge in [-0.05, 0) is 30.2 Å². The number of hydrogen-bond donors (Lipinski definition) is 1. The van der Waals surface area contributed by atoms with Crippen LogP contribution in [0.1, 0.15) is 61.0 Å². The highest BCUT2D eigenvalue weighted by Gasteiger charge is 2.62. The van der Waals surface area contributed by atoms with Crippen LogP contribution in [-0.4, -0.2) is 61.1 Å². The van der Waals surface area contributed by atoms with Gasteiger partial charge in [-0.15, -0.1) is 0 Å². The SMILES string of the molecule is CC(C)(C)CO[C@]1(C)O[C@@H]2[C@@H](O[C@@]1(C)OCC(C)(C)C)[C@@H](OCc1ccccc1)OC[C@@H]2O. The highest BCUT2D eigenvalue weighted by atomic mass is 16.8. The van der Waals surface area contributed by atoms with Gasteiger partial charge in [0.25, 0.3) is 0 Å². The molecule has 0 unspecified atom stereocenters. The monoisotopic (exact) mass is 466 g/mol. The average Bonchev–Trinajstić information content (AvgIpc) is 2.72. The first-order valence-corrected chi connectivity index (χ1v) is 11.8. The fourth-order valence-electron chi connectivity index (χ4n) is 3.69. The van der Waals surface area contributed by atoms with E-state index < -0.39 is 36.2 Å². The van der Waals surface area contributed by atoms with Crippen LogP contribution in [0.15, 0.2) is 30.3 Å². The van der Waals surface area contributed by atoms with Crippen LogP contribution in [-0.2, 0) is 35.0 Å². The molecular weight excluding hydrogens is 424 g/mol. The fourth-order valence-corrected chi connectivity index (χ4v) is 3.69. The molecule has 33 heavy (non-hydrogen) atoms. The number of aliphatic hydroxyl groups is 1. The van der Waals surface area contributed by atoms with Crippen LogP contribution < -0.4 is 0 Å². The number of hydrogen-bond acceptors (Lipinski definition) is 7. The van der Waals surface area contributed by atoms with Crippen LogP contribution >= 0.6 is 0 Å². The minimum absolute atomic E-state index is 0.0822. The number of ether oxygens (including phenoxy) is 6. The maximum atomic E-state index is 10.7. The summed E-state index contributed by atoms with van der Waals surface area (Å²) in [6, 6.07) is 9.86. The van der Waals surface area contributed by atoms with Crippen molar-refractivity contribution in [1.82, 2.24) is 0 Å². The lowest BCUT2D eigenvalue weighted by atomic mass is 9.95. The highest BCUT2D eigenvalue weighted by molar-refractivity contribution is 5.13. The zero-order chi connectivity index (χ0) is 24.5. The Kier molecular flexibility index (Phi) is 7.96. The van der Waals surface area contributed by atoms with Gasteiger partial charge < -0.3 is 33.5 Å². The van der Waals surface area contributed by atoms with Crippen molar-refractivity contribution in [2.75, 3.05) is 19.8 Å². The average molecular weight is 467 g/mol. The largest absolute Gasteiger partial charge is 0.388 e. The third-order valence-corrected chi connectivity index (χ3v) is 5.77. The van der Waals surface area contributed by atoms with Gasteiger partial charge >= 0.3 is 0 Å². The van der Waals surface area contributed by atoms with E-state index in [9.17, 15) is 5.11 Å². The normalized spacial score (nSPS) is 35.3. The minimum Gasteiger partial charge on any atom is -0.388 e. The van der Waals surface area contributed by atoms with Crippen molar-refractivity contribution in [3.05, 3.63) is 35.9 Å². The molecular formula is C26H42O7. The predicted octanol–water partition coefficient (Wildman–Crippen LogP) is 4.26. The summed E-state index contributed by atoms with van der Waals surface area (Å²) in [5, 5.41) is 10.7. The second kappa shape index (κ2) is 9.90. The first-order chi connectivity index (χ1) is 15.2. The third-order valence-electron chi connectivity index (χ3n) is 5.77. The summed E-state index contributed by atoms with van der Waals surface area (Å²) in [6.07, 6.45) is -2.97. The molecule has 2 aliphatic rings. The Balaban J connectivity index is 1.83. The van der Waals surface area contributed by atoms with Crippen LogP contribution in [0.5, 0.6) is 0 Å². The molecule has 188 valence electrons. The molecule has 2 heterocycles. The summed E-state index contributed by atoms with van der Waals surface area (Å²) in [5.74, 6) is -2.49. The number of aliphatic hydroxyl groups excluding tert-OH is 1. The maximum Gasteiger partial charge on any atom is 0.221 e. The molecule has 2 aliphatic heterocycles. The van der Waals surface area contributed by atoms with Gasteiger partial charge in [-0.2, -0.15) is 0 Å². The molecule has 7 nitrogen and oxygen atoms in total. The molecule has 0 spiro atoms. The molecule has 1 aromatic carbocycles. The molecule has 1 N–H and O–H groups in total. The molecule has 7 heteroatoms. The predicted molar refractivity (Wildman–Crippen MR) is 124 cm³/mol. The van der Waals surface area contributed by atoms with Gasteiger partial charge in [0.1, 0.15) is 18.3 Å². The molecule has 2 fully saturated rings. The van der Waals surface area contributed by atoms with Crippen LogP contribution in [0.4, 0.5) is 0 Å². The van der Waals surface area contributed by atoms with E-state index in [1.807, 2.05) is 44.2 Å². The van der Waals surface area contributed by atoms with E-state index in [-0.39, 0.29) is 17.4 Å². The van der Waals surface area contributed by atoms with E-state index in [1.165, 1.54) is 0 Å². The van der Waals surface area contributed by atoms with E-state index in [2.05, 4.69) is 41.5 Å². The molecule has 0 amide bonds. The molecule has 0 aromatic heterocycles. The summed E-state index contributed by atoms with van der Waals surface area (Å²) >= 11 is 0. The Bertz CT molecular complexity index is 756. The number of fused-ring (bicyclic) bond motifs is 1. The lowest BCUT2D eigenvalue weighted by Crippen LogP contribution is -2.72. The van der Waals surface area contributed by atoms with Crippen LogP contribution in [0.3, 0.4) is 0 Å². The van der Waals surface area contributed by atoms with Crippen molar-refractivity contribution in [2.45, 2.75) is 98.2 Å². The first-order valence-electron chi connectivity index (χ1n) is 11.8. The summed E-state index contributed by atoms with van der Waals surface area (Å²) in [6.45, 7) is 17.5. The van der Waals surface area contributed by atoms with E-state index >= 15 is 0 Å². The molecule has 1 aromatic rings. The quantitative estimate of drug-likeness (QED) is 0.643. The number of rotatable bonds is 7. The van der Waals surface area contributed by atoms with E-state index in [0.29, 0.717) is 19.8 Å². The Hall–Kier alpha value is -1.06. The molecule has 0 aliphatic carbocycles. The summed E-state index contributed by atoms with van der Waals surface area (Å²) < 4.78 is 37.6. The van der Waals surface area contributed by atoms with Crippen molar-refractivity contribution >= 4 is 0 Å². The second-order valence-corrected chi connectivity index (χ2v) is 11.8. The lowest BCUT2D eigenvalue weighted by molar-refractivity contribution is -0.489. The van der Waals surface area contributed by atoms with Gasteiger partial charge in [0, 0.05) is 0 Å². The summed E-state index contributed by atoms with van der Waals surface area (Å²) in [4.78, 5) is 0. The first kappa shape index (κ1) is 26.5. The summed E-state index contributed by atoms with van der Waals surface area (Å²) in [7, 11) is 0. The summed E-state index contributed by atoms with van der Waals surface area (Å²) in [5.41, 5.74) is 0.828. The van der Waals surface area contributed by atoms with Gasteiger partial charge in [-0.25, -0.2) is 0 Å². The Morgan fingerprint density at radius 3 is 1.91 bits per heavy atom. The fraction of sp³-hybridized carbons (Fsp3) is 0.769. The highest BCUT2D eigenvalue weighted by Crippen LogP contribution is 2.44. The van der Waals surface area contributed by atoms with Gasteiger partial charge in [0.05, 0.1) is 26.4 Å². The lowest BCUT2D eigenvalue weighted by Gasteiger charge is -2.56. The van der Waals surface area contributed by atoms with Crippen molar-refractivity contribution in [3.63, 3.8) is 0 Å². The van der Waals surface area contributed by atoms with Crippen molar-refractivity contribution in [3.8, 4) is 0 Å². The molecule has 0 radical (unpaired) electrons. The van der Waals surface area contributed by atoms with Crippen LogP contribution in [0.2, 0.25) is 0 Å². The van der Waals surface area contributed by atoms with Gasteiger partial charge in [0.15, 0.2) is 6.29 Å². The van der Waals surface area contributed by atoms with Gasteiger partial charge in [-0.3, -0.25) is 0 Å². The Morgan fingerprint density at radius 2 is 1.39 bits per heavy atom. The molecule has 2 saturated heterocycles. The zero-order valence-electron chi connectivity index (χ0n) is 21.4. The number of benzene rings is 1. The molecule has 0 saturated carbocycles. The molecule has 6 atom stereocenters. The van der Waals surface area contributed by atoms with Crippen molar-refractivity contribution in [2.24, 2.45) is 10.8 Å². The second-order valence-electron chi connectivity index (χ2n) is 11.8. The minimum atomic E-state index is -1.25. The topological polar surface area (TPSA) is 75.6 Å². The van der Waals surface area contributed by atoms with Crippen LogP contribution in [0.25, 0.3) is 0 Å². The molecule has 0 bridgehead atoms. The standard InChI is InChI=1S/C26H42O7/c1-23(2,3)16-30-25(7)26(8,31-17-24(4,5)6)33-21-20(32-25)19(27)15-29-22(21)28-14-18-12-10-9-11-13-18/h9-13,19-22,27H,14-17H2,1-8H3/t19-,20-,21+,22-,25+,26+/m0/s1. The van der Waals surface area contributed by atoms with Crippen molar-refractivity contribution in [1.29, 1.82) is 0 Å².